The lowest BCUT2D eigenvalue weighted by Crippen LogP contribution is -2.18. The Hall–Kier alpha value is -2.28. The maximum Gasteiger partial charge on any atom is 0.358 e. The Balaban J connectivity index is 2.07. The first-order valence-corrected chi connectivity index (χ1v) is 7.57. The van der Waals surface area contributed by atoms with E-state index in [1.165, 1.54) is 7.11 Å². The number of carbonyl (C=O) groups excluding carboxylic acids is 1. The van der Waals surface area contributed by atoms with Gasteiger partial charge in [-0.15, -0.1) is 0 Å². The van der Waals surface area contributed by atoms with Crippen LogP contribution in [0.3, 0.4) is 0 Å². The third-order valence-corrected chi connectivity index (χ3v) is 3.95. The van der Waals surface area contributed by atoms with E-state index in [1.54, 1.807) is 24.3 Å². The molecule has 2 aromatic rings. The molecule has 8 heteroatoms. The van der Waals surface area contributed by atoms with Crippen LogP contribution in [-0.4, -0.2) is 40.1 Å². The molecule has 3 rings (SSSR count). The summed E-state index contributed by atoms with van der Waals surface area (Å²) in [6, 6.07) is 0. The number of carbonyl (C=O) groups is 1. The normalized spacial score (nSPS) is 13.7. The summed E-state index contributed by atoms with van der Waals surface area (Å²) in [4.78, 5) is 30.9. The predicted molar refractivity (Wildman–Crippen MR) is 85.2 cm³/mol. The van der Waals surface area contributed by atoms with Gasteiger partial charge in [0.05, 0.1) is 25.2 Å². The molecule has 2 aromatic heterocycles. The number of hydrogen-bond acceptors (Lipinski definition) is 7. The average Bonchev–Trinajstić information content (AvgIpc) is 3.39. The maximum absolute atomic E-state index is 11.9. The third-order valence-electron chi connectivity index (χ3n) is 3.60. The van der Waals surface area contributed by atoms with Crippen LogP contribution < -0.4 is 4.90 Å². The minimum Gasteiger partial charge on any atom is -0.464 e. The topological polar surface area (TPSA) is 81.1 Å². The third kappa shape index (κ3) is 3.10. The zero-order valence-corrected chi connectivity index (χ0v) is 13.8. The lowest BCUT2D eigenvalue weighted by Gasteiger charge is -2.19. The Bertz CT molecular complexity index is 746. The van der Waals surface area contributed by atoms with E-state index in [4.69, 9.17) is 16.3 Å². The van der Waals surface area contributed by atoms with Crippen LogP contribution in [0.15, 0.2) is 12.4 Å². The molecule has 0 radical (unpaired) electrons. The minimum atomic E-state index is -0.580. The van der Waals surface area contributed by atoms with E-state index in [0.29, 0.717) is 17.5 Å². The van der Waals surface area contributed by atoms with Crippen LogP contribution in [0.5, 0.6) is 0 Å². The molecule has 0 amide bonds. The molecule has 0 unspecified atom stereocenters. The van der Waals surface area contributed by atoms with Crippen LogP contribution in [0.2, 0.25) is 5.02 Å². The van der Waals surface area contributed by atoms with Gasteiger partial charge in [0.2, 0.25) is 0 Å². The van der Waals surface area contributed by atoms with Crippen molar-refractivity contribution in [2.75, 3.05) is 19.1 Å². The summed E-state index contributed by atoms with van der Waals surface area (Å²) in [7, 11) is 3.07. The molecule has 1 aliphatic rings. The van der Waals surface area contributed by atoms with E-state index in [1.807, 2.05) is 6.92 Å². The van der Waals surface area contributed by atoms with Gasteiger partial charge in [-0.05, 0) is 19.8 Å². The van der Waals surface area contributed by atoms with E-state index >= 15 is 0 Å². The molecule has 1 fully saturated rings. The molecule has 0 saturated heterocycles. The Morgan fingerprint density at radius 2 is 2.04 bits per heavy atom. The summed E-state index contributed by atoms with van der Waals surface area (Å²) in [5.74, 6) is 1.29. The second-order valence-corrected chi connectivity index (χ2v) is 5.79. The molecule has 0 aromatic carbocycles. The van der Waals surface area contributed by atoms with E-state index in [9.17, 15) is 4.79 Å². The van der Waals surface area contributed by atoms with Crippen molar-refractivity contribution >= 4 is 29.2 Å². The minimum absolute atomic E-state index is 0.0768. The van der Waals surface area contributed by atoms with Crippen LogP contribution in [0, 0.1) is 6.92 Å². The molecule has 0 N–H and O–H groups in total. The second kappa shape index (κ2) is 6.08. The zero-order chi connectivity index (χ0) is 16.6. The van der Waals surface area contributed by atoms with Gasteiger partial charge in [-0.1, -0.05) is 11.6 Å². The Kier molecular flexibility index (Phi) is 4.12. The molecule has 1 aliphatic carbocycles. The van der Waals surface area contributed by atoms with E-state index in [0.717, 1.165) is 18.5 Å². The number of esters is 1. The molecular weight excluding hydrogens is 318 g/mol. The molecule has 23 heavy (non-hydrogen) atoms. The number of ether oxygens (including phenoxy) is 1. The van der Waals surface area contributed by atoms with Gasteiger partial charge in [0.15, 0.2) is 17.3 Å². The standard InChI is InChI=1S/C15H16ClN5O2/c1-8-6-18-10(7-17-8)21(2)14-11(16)12(15(22)23-3)19-13(20-14)9-4-5-9/h6-7,9H,4-5H2,1-3H3. The van der Waals surface area contributed by atoms with Crippen molar-refractivity contribution in [3.63, 3.8) is 0 Å². The predicted octanol–water partition coefficient (Wildman–Crippen LogP) is 2.66. The van der Waals surface area contributed by atoms with Crippen molar-refractivity contribution in [2.24, 2.45) is 0 Å². The molecule has 0 spiro atoms. The first-order chi connectivity index (χ1) is 11.0. The average molecular weight is 334 g/mol. The lowest BCUT2D eigenvalue weighted by molar-refractivity contribution is 0.0593. The highest BCUT2D eigenvalue weighted by Gasteiger charge is 2.31. The van der Waals surface area contributed by atoms with E-state index in [2.05, 4.69) is 19.9 Å². The van der Waals surface area contributed by atoms with Gasteiger partial charge in [-0.2, -0.15) is 0 Å². The van der Waals surface area contributed by atoms with Crippen molar-refractivity contribution in [1.29, 1.82) is 0 Å². The van der Waals surface area contributed by atoms with Crippen LogP contribution in [-0.2, 0) is 4.74 Å². The molecule has 0 bridgehead atoms. The first kappa shape index (κ1) is 15.6. The van der Waals surface area contributed by atoms with E-state index < -0.39 is 5.97 Å². The fraction of sp³-hybridized carbons (Fsp3) is 0.400. The fourth-order valence-electron chi connectivity index (χ4n) is 2.10. The number of aromatic nitrogens is 4. The van der Waals surface area contributed by atoms with Crippen LogP contribution >= 0.6 is 11.6 Å². The molecular formula is C15H16ClN5O2. The van der Waals surface area contributed by atoms with Gasteiger partial charge in [-0.3, -0.25) is 4.98 Å². The summed E-state index contributed by atoms with van der Waals surface area (Å²) in [6.07, 6.45) is 5.30. The van der Waals surface area contributed by atoms with Crippen molar-refractivity contribution in [3.05, 3.63) is 34.6 Å². The smallest absolute Gasteiger partial charge is 0.358 e. The fourth-order valence-corrected chi connectivity index (χ4v) is 2.39. The summed E-state index contributed by atoms with van der Waals surface area (Å²) in [6.45, 7) is 1.86. The van der Waals surface area contributed by atoms with E-state index in [-0.39, 0.29) is 16.6 Å². The molecule has 7 nitrogen and oxygen atoms in total. The quantitative estimate of drug-likeness (QED) is 0.795. The van der Waals surface area contributed by atoms with Gasteiger partial charge in [0.25, 0.3) is 0 Å². The molecule has 0 atom stereocenters. The second-order valence-electron chi connectivity index (χ2n) is 5.41. The first-order valence-electron chi connectivity index (χ1n) is 7.19. The largest absolute Gasteiger partial charge is 0.464 e. The summed E-state index contributed by atoms with van der Waals surface area (Å²) < 4.78 is 4.77. The Morgan fingerprint density at radius 1 is 1.30 bits per heavy atom. The monoisotopic (exact) mass is 333 g/mol. The molecule has 0 aliphatic heterocycles. The Morgan fingerprint density at radius 3 is 2.61 bits per heavy atom. The summed E-state index contributed by atoms with van der Waals surface area (Å²) in [5.41, 5.74) is 0.887. The summed E-state index contributed by atoms with van der Waals surface area (Å²) >= 11 is 6.34. The Labute approximate surface area is 138 Å². The number of anilines is 2. The number of halogens is 1. The van der Waals surface area contributed by atoms with Crippen LogP contribution in [0.4, 0.5) is 11.6 Å². The number of hydrogen-bond donors (Lipinski definition) is 0. The van der Waals surface area contributed by atoms with Gasteiger partial charge < -0.3 is 9.64 Å². The molecule has 1 saturated carbocycles. The van der Waals surface area contributed by atoms with Gasteiger partial charge in [-0.25, -0.2) is 19.7 Å². The summed E-state index contributed by atoms with van der Waals surface area (Å²) in [5, 5.41) is 0.145. The van der Waals surface area contributed by atoms with Crippen LogP contribution in [0.25, 0.3) is 0 Å². The number of nitrogens with zero attached hydrogens (tertiary/aromatic N) is 5. The lowest BCUT2D eigenvalue weighted by atomic mass is 10.3. The zero-order valence-electron chi connectivity index (χ0n) is 13.1. The van der Waals surface area contributed by atoms with Crippen molar-refractivity contribution in [2.45, 2.75) is 25.7 Å². The highest BCUT2D eigenvalue weighted by molar-refractivity contribution is 6.35. The van der Waals surface area contributed by atoms with Crippen molar-refractivity contribution < 1.29 is 9.53 Å². The number of rotatable bonds is 4. The van der Waals surface area contributed by atoms with Crippen molar-refractivity contribution in [3.8, 4) is 0 Å². The maximum atomic E-state index is 11.9. The van der Waals surface area contributed by atoms with Gasteiger partial charge in [0.1, 0.15) is 10.8 Å². The van der Waals surface area contributed by atoms with Crippen LogP contribution in [0.1, 0.15) is 40.8 Å². The molecule has 2 heterocycles. The SMILES string of the molecule is COC(=O)c1nc(C2CC2)nc(N(C)c2cnc(C)cn2)c1Cl. The highest BCUT2D eigenvalue weighted by atomic mass is 35.5. The van der Waals surface area contributed by atoms with Gasteiger partial charge in [0, 0.05) is 13.0 Å². The highest BCUT2D eigenvalue weighted by Crippen LogP contribution is 2.40. The number of methoxy groups -OCH3 is 1. The number of aryl methyl sites for hydroxylation is 1. The molecule has 120 valence electrons. The van der Waals surface area contributed by atoms with Gasteiger partial charge >= 0.3 is 5.97 Å². The van der Waals surface area contributed by atoms with Crippen molar-refractivity contribution in [1.82, 2.24) is 19.9 Å².